The van der Waals surface area contributed by atoms with Crippen LogP contribution in [0.15, 0.2) is 30.9 Å². The normalized spacial score (nSPS) is 11.8. The van der Waals surface area contributed by atoms with Crippen LogP contribution in [0.5, 0.6) is 0 Å². The van der Waals surface area contributed by atoms with E-state index in [2.05, 4.69) is 13.5 Å². The Morgan fingerprint density at radius 2 is 2.23 bits per heavy atom. The van der Waals surface area contributed by atoms with Gasteiger partial charge in [0.25, 0.3) is 0 Å². The summed E-state index contributed by atoms with van der Waals surface area (Å²) in [5.41, 5.74) is 1.44. The van der Waals surface area contributed by atoms with E-state index in [1.54, 1.807) is 18.2 Å². The number of nitriles is 1. The van der Waals surface area contributed by atoms with E-state index in [1.807, 2.05) is 12.1 Å². The molecule has 0 aliphatic carbocycles. The lowest BCUT2D eigenvalue weighted by Crippen LogP contribution is -1.90. The predicted octanol–water partition coefficient (Wildman–Crippen LogP) is 3.32. The van der Waals surface area contributed by atoms with E-state index in [-0.39, 0.29) is 5.92 Å². The van der Waals surface area contributed by atoms with Crippen molar-refractivity contribution in [2.24, 2.45) is 0 Å². The SMILES string of the molecule is [CH2]C(C=C)c1ccc(Cl)c(C#N)c1. The third-order valence-corrected chi connectivity index (χ3v) is 2.15. The minimum absolute atomic E-state index is 0.00404. The van der Waals surface area contributed by atoms with E-state index in [1.165, 1.54) is 0 Å². The maximum atomic E-state index is 8.72. The summed E-state index contributed by atoms with van der Waals surface area (Å²) in [4.78, 5) is 0. The minimum atomic E-state index is 0.00404. The van der Waals surface area contributed by atoms with E-state index in [0.717, 1.165) is 5.56 Å². The molecule has 1 unspecified atom stereocenters. The highest BCUT2D eigenvalue weighted by Gasteiger charge is 2.04. The van der Waals surface area contributed by atoms with Crippen molar-refractivity contribution in [2.45, 2.75) is 5.92 Å². The van der Waals surface area contributed by atoms with Gasteiger partial charge in [0.1, 0.15) is 6.07 Å². The van der Waals surface area contributed by atoms with Crippen LogP contribution < -0.4 is 0 Å². The number of rotatable bonds is 2. The largest absolute Gasteiger partial charge is 0.192 e. The fourth-order valence-corrected chi connectivity index (χ4v) is 1.16. The maximum Gasteiger partial charge on any atom is 0.101 e. The first-order valence-electron chi connectivity index (χ1n) is 3.84. The number of allylic oxidation sites excluding steroid dienone is 1. The highest BCUT2D eigenvalue weighted by Crippen LogP contribution is 2.22. The summed E-state index contributed by atoms with van der Waals surface area (Å²) in [6.07, 6.45) is 1.73. The Hall–Kier alpha value is -1.26. The molecule has 13 heavy (non-hydrogen) atoms. The third-order valence-electron chi connectivity index (χ3n) is 1.82. The van der Waals surface area contributed by atoms with Crippen LogP contribution in [0.1, 0.15) is 17.0 Å². The summed E-state index contributed by atoms with van der Waals surface area (Å²) in [6, 6.07) is 7.31. The Morgan fingerprint density at radius 3 is 2.77 bits per heavy atom. The molecule has 0 aliphatic rings. The zero-order chi connectivity index (χ0) is 9.84. The molecule has 2 heteroatoms. The lowest BCUT2D eigenvalue weighted by atomic mass is 10.00. The molecule has 1 rings (SSSR count). The summed E-state index contributed by atoms with van der Waals surface area (Å²) in [5, 5.41) is 9.19. The summed E-state index contributed by atoms with van der Waals surface area (Å²) in [6.45, 7) is 7.50. The Kier molecular flexibility index (Phi) is 3.11. The van der Waals surface area contributed by atoms with Crippen LogP contribution in [0.25, 0.3) is 0 Å². The van der Waals surface area contributed by atoms with Crippen LogP contribution in [0, 0.1) is 18.3 Å². The number of hydrogen-bond donors (Lipinski definition) is 0. The molecule has 0 aliphatic heterocycles. The van der Waals surface area contributed by atoms with Crippen molar-refractivity contribution in [3.8, 4) is 6.07 Å². The predicted molar refractivity (Wildman–Crippen MR) is 54.5 cm³/mol. The molecule has 0 bridgehead atoms. The molecule has 1 aromatic carbocycles. The lowest BCUT2D eigenvalue weighted by molar-refractivity contribution is 1.08. The van der Waals surface area contributed by atoms with E-state index in [0.29, 0.717) is 10.6 Å². The van der Waals surface area contributed by atoms with Crippen LogP contribution in [0.3, 0.4) is 0 Å². The van der Waals surface area contributed by atoms with Crippen molar-refractivity contribution in [2.75, 3.05) is 0 Å². The summed E-state index contributed by atoms with van der Waals surface area (Å²) >= 11 is 5.78. The van der Waals surface area contributed by atoms with E-state index in [4.69, 9.17) is 16.9 Å². The first-order valence-corrected chi connectivity index (χ1v) is 4.22. The van der Waals surface area contributed by atoms with Crippen molar-refractivity contribution in [1.82, 2.24) is 0 Å². The van der Waals surface area contributed by atoms with Crippen molar-refractivity contribution in [3.63, 3.8) is 0 Å². The Bertz CT molecular complexity index is 363. The first-order chi connectivity index (χ1) is 6.19. The molecule has 0 amide bonds. The molecular formula is C11H9ClN. The van der Waals surface area contributed by atoms with Gasteiger partial charge < -0.3 is 0 Å². The van der Waals surface area contributed by atoms with Gasteiger partial charge in [-0.25, -0.2) is 0 Å². The minimum Gasteiger partial charge on any atom is -0.192 e. The van der Waals surface area contributed by atoms with Crippen molar-refractivity contribution in [3.05, 3.63) is 53.9 Å². The Labute approximate surface area is 83.3 Å². The Morgan fingerprint density at radius 1 is 1.54 bits per heavy atom. The molecule has 0 aromatic heterocycles. The second-order valence-electron chi connectivity index (χ2n) is 2.69. The smallest absolute Gasteiger partial charge is 0.101 e. The summed E-state index contributed by atoms with van der Waals surface area (Å²) in [5.74, 6) is 0.00404. The van der Waals surface area contributed by atoms with E-state index < -0.39 is 0 Å². The van der Waals surface area contributed by atoms with Gasteiger partial charge in [-0.05, 0) is 24.6 Å². The number of hydrogen-bond acceptors (Lipinski definition) is 1. The molecule has 1 aromatic rings. The maximum absolute atomic E-state index is 8.72. The topological polar surface area (TPSA) is 23.8 Å². The van der Waals surface area contributed by atoms with Gasteiger partial charge in [-0.1, -0.05) is 23.7 Å². The first kappa shape index (κ1) is 9.83. The quantitative estimate of drug-likeness (QED) is 0.657. The Balaban J connectivity index is 3.15. The fraction of sp³-hybridized carbons (Fsp3) is 0.0909. The van der Waals surface area contributed by atoms with Crippen LogP contribution in [-0.2, 0) is 0 Å². The molecule has 1 atom stereocenters. The van der Waals surface area contributed by atoms with Crippen molar-refractivity contribution < 1.29 is 0 Å². The molecule has 0 fully saturated rings. The van der Waals surface area contributed by atoms with Gasteiger partial charge in [0.05, 0.1) is 10.6 Å². The van der Waals surface area contributed by atoms with Crippen LogP contribution in [-0.4, -0.2) is 0 Å². The highest BCUT2D eigenvalue weighted by atomic mass is 35.5. The summed E-state index contributed by atoms with van der Waals surface area (Å²) in [7, 11) is 0. The van der Waals surface area contributed by atoms with Gasteiger partial charge in [-0.2, -0.15) is 5.26 Å². The molecular weight excluding hydrogens is 182 g/mol. The van der Waals surface area contributed by atoms with Crippen LogP contribution >= 0.6 is 11.6 Å². The van der Waals surface area contributed by atoms with Crippen molar-refractivity contribution >= 4 is 11.6 Å². The van der Waals surface area contributed by atoms with Crippen molar-refractivity contribution in [1.29, 1.82) is 5.26 Å². The average molecular weight is 191 g/mol. The van der Waals surface area contributed by atoms with Gasteiger partial charge in [-0.15, -0.1) is 6.58 Å². The van der Waals surface area contributed by atoms with Gasteiger partial charge >= 0.3 is 0 Å². The molecule has 0 saturated carbocycles. The van der Waals surface area contributed by atoms with Gasteiger partial charge in [0.2, 0.25) is 0 Å². The monoisotopic (exact) mass is 190 g/mol. The van der Waals surface area contributed by atoms with Gasteiger partial charge in [0.15, 0.2) is 0 Å². The number of benzene rings is 1. The lowest BCUT2D eigenvalue weighted by Gasteiger charge is -2.06. The zero-order valence-corrected chi connectivity index (χ0v) is 7.88. The van der Waals surface area contributed by atoms with Gasteiger partial charge in [0, 0.05) is 5.92 Å². The molecule has 0 N–H and O–H groups in total. The molecule has 1 radical (unpaired) electrons. The summed E-state index contributed by atoms with van der Waals surface area (Å²) < 4.78 is 0. The highest BCUT2D eigenvalue weighted by molar-refractivity contribution is 6.31. The molecule has 1 nitrogen and oxygen atoms in total. The average Bonchev–Trinajstić information content (AvgIpc) is 2.17. The van der Waals surface area contributed by atoms with E-state index in [9.17, 15) is 0 Å². The molecule has 0 spiro atoms. The molecule has 0 saturated heterocycles. The number of nitrogens with zero attached hydrogens (tertiary/aromatic N) is 1. The molecule has 0 heterocycles. The molecule has 65 valence electrons. The second kappa shape index (κ2) is 4.11. The zero-order valence-electron chi connectivity index (χ0n) is 7.13. The standard InChI is InChI=1S/C11H9ClN/c1-3-8(2)9-4-5-11(12)10(6-9)7-13/h3-6,8H,1-2H2. The number of halogens is 1. The second-order valence-corrected chi connectivity index (χ2v) is 3.10. The van der Waals surface area contributed by atoms with Crippen LogP contribution in [0.4, 0.5) is 0 Å². The van der Waals surface area contributed by atoms with Gasteiger partial charge in [-0.3, -0.25) is 0 Å². The van der Waals surface area contributed by atoms with Crippen LogP contribution in [0.2, 0.25) is 5.02 Å². The third kappa shape index (κ3) is 2.11. The fourth-order valence-electron chi connectivity index (χ4n) is 0.995. The van der Waals surface area contributed by atoms with E-state index >= 15 is 0 Å².